The van der Waals surface area contributed by atoms with Crippen LogP contribution in [0.25, 0.3) is 0 Å². The minimum absolute atomic E-state index is 0.533. The highest BCUT2D eigenvalue weighted by Crippen LogP contribution is 2.23. The molecule has 2 unspecified atom stereocenters. The van der Waals surface area contributed by atoms with Gasteiger partial charge in [0, 0.05) is 5.92 Å². The molecule has 1 aliphatic carbocycles. The Morgan fingerprint density at radius 1 is 1.31 bits per heavy atom. The molecule has 2 rings (SSSR count). The Hall–Kier alpha value is -0.980. The smallest absolute Gasteiger partial charge is 0.0540 e. The van der Waals surface area contributed by atoms with Gasteiger partial charge in [0.1, 0.15) is 0 Å². The minimum atomic E-state index is 0.533. The van der Waals surface area contributed by atoms with E-state index in [4.69, 9.17) is 0 Å². The van der Waals surface area contributed by atoms with Crippen LogP contribution in [0.4, 0.5) is 0 Å². The lowest BCUT2D eigenvalue weighted by Gasteiger charge is -2.18. The molecule has 0 bridgehead atoms. The third-order valence-corrected chi connectivity index (χ3v) is 2.35. The average molecular weight is 177 g/mol. The number of hydrogen-bond donors (Lipinski definition) is 1. The highest BCUT2D eigenvalue weighted by Gasteiger charge is 2.20. The van der Waals surface area contributed by atoms with E-state index in [1.165, 1.54) is 5.57 Å². The Balaban J connectivity index is 0.000000396. The summed E-state index contributed by atoms with van der Waals surface area (Å²) >= 11 is 0. The molecule has 0 aromatic rings. The third-order valence-electron chi connectivity index (χ3n) is 2.35. The molecule has 1 heterocycles. The predicted molar refractivity (Wildman–Crippen MR) is 58.4 cm³/mol. The van der Waals surface area contributed by atoms with Crippen LogP contribution in [-0.4, -0.2) is 6.04 Å². The van der Waals surface area contributed by atoms with E-state index in [2.05, 4.69) is 42.7 Å². The van der Waals surface area contributed by atoms with Gasteiger partial charge in [0.25, 0.3) is 0 Å². The maximum Gasteiger partial charge on any atom is 0.0540 e. The van der Waals surface area contributed by atoms with E-state index in [0.717, 1.165) is 6.42 Å². The molecular weight excluding hydrogens is 158 g/mol. The molecule has 1 nitrogen and oxygen atoms in total. The van der Waals surface area contributed by atoms with Crippen molar-refractivity contribution in [3.8, 4) is 0 Å². The zero-order valence-corrected chi connectivity index (χ0v) is 8.75. The van der Waals surface area contributed by atoms with Crippen molar-refractivity contribution in [3.63, 3.8) is 0 Å². The van der Waals surface area contributed by atoms with Gasteiger partial charge in [-0.1, -0.05) is 50.6 Å². The zero-order chi connectivity index (χ0) is 9.68. The lowest BCUT2D eigenvalue weighted by molar-refractivity contribution is 0.642. The molecular formula is C12H19N. The molecule has 0 amide bonds. The van der Waals surface area contributed by atoms with Crippen LogP contribution in [0, 0.1) is 5.92 Å². The summed E-state index contributed by atoms with van der Waals surface area (Å²) in [6, 6.07) is 0.533. The van der Waals surface area contributed by atoms with Crippen molar-refractivity contribution in [1.29, 1.82) is 0 Å². The molecule has 0 aromatic carbocycles. The first-order valence-electron chi connectivity index (χ1n) is 5.22. The highest BCUT2D eigenvalue weighted by molar-refractivity contribution is 5.32. The normalized spacial score (nSPS) is 28.4. The molecule has 1 N–H and O–H groups in total. The highest BCUT2D eigenvalue weighted by atomic mass is 14.9. The fraction of sp³-hybridized carbons (Fsp3) is 0.500. The molecule has 0 spiro atoms. The predicted octanol–water partition coefficient (Wildman–Crippen LogP) is 3.02. The minimum Gasteiger partial charge on any atom is -0.384 e. The summed E-state index contributed by atoms with van der Waals surface area (Å²) in [5.41, 5.74) is 1.46. The second kappa shape index (κ2) is 4.90. The average Bonchev–Trinajstić information content (AvgIpc) is 2.67. The van der Waals surface area contributed by atoms with Gasteiger partial charge in [0.15, 0.2) is 0 Å². The van der Waals surface area contributed by atoms with Crippen LogP contribution in [-0.2, 0) is 0 Å². The standard InChI is InChI=1S/C10H13N.C2H6/c1-2-8-3-4-10-9(7-8)5-6-11-10;1-2/h3-7,9-11H,2H2,1H3;1-2H3. The molecule has 0 radical (unpaired) electrons. The van der Waals surface area contributed by atoms with Gasteiger partial charge in [-0.15, -0.1) is 0 Å². The number of rotatable bonds is 1. The molecule has 13 heavy (non-hydrogen) atoms. The van der Waals surface area contributed by atoms with E-state index in [9.17, 15) is 0 Å². The van der Waals surface area contributed by atoms with Crippen molar-refractivity contribution in [3.05, 3.63) is 36.1 Å². The van der Waals surface area contributed by atoms with Crippen LogP contribution in [0.2, 0.25) is 0 Å². The quantitative estimate of drug-likeness (QED) is 0.649. The Labute approximate surface area is 81.2 Å². The van der Waals surface area contributed by atoms with Gasteiger partial charge in [-0.05, 0) is 12.6 Å². The summed E-state index contributed by atoms with van der Waals surface area (Å²) in [6.07, 6.45) is 12.2. The summed E-state index contributed by atoms with van der Waals surface area (Å²) in [4.78, 5) is 0. The van der Waals surface area contributed by atoms with E-state index in [1.54, 1.807) is 0 Å². The van der Waals surface area contributed by atoms with Crippen molar-refractivity contribution in [2.45, 2.75) is 33.2 Å². The first-order valence-corrected chi connectivity index (χ1v) is 5.22. The van der Waals surface area contributed by atoms with Crippen LogP contribution in [0.3, 0.4) is 0 Å². The Bertz CT molecular complexity index is 236. The molecule has 0 fully saturated rings. The van der Waals surface area contributed by atoms with Gasteiger partial charge in [-0.25, -0.2) is 0 Å². The van der Waals surface area contributed by atoms with E-state index >= 15 is 0 Å². The van der Waals surface area contributed by atoms with Gasteiger partial charge >= 0.3 is 0 Å². The lowest BCUT2D eigenvalue weighted by Crippen LogP contribution is -2.24. The molecule has 0 saturated carbocycles. The topological polar surface area (TPSA) is 12.0 Å². The summed E-state index contributed by atoms with van der Waals surface area (Å²) in [5, 5.41) is 3.29. The lowest BCUT2D eigenvalue weighted by atomic mass is 9.93. The van der Waals surface area contributed by atoms with E-state index in [-0.39, 0.29) is 0 Å². The van der Waals surface area contributed by atoms with Gasteiger partial charge < -0.3 is 5.32 Å². The van der Waals surface area contributed by atoms with Crippen molar-refractivity contribution in [2.24, 2.45) is 5.92 Å². The van der Waals surface area contributed by atoms with E-state index in [1.807, 2.05) is 13.8 Å². The van der Waals surface area contributed by atoms with Crippen LogP contribution < -0.4 is 5.32 Å². The van der Waals surface area contributed by atoms with Gasteiger partial charge in [-0.3, -0.25) is 0 Å². The molecule has 0 saturated heterocycles. The number of nitrogens with one attached hydrogen (secondary N) is 1. The van der Waals surface area contributed by atoms with Crippen molar-refractivity contribution < 1.29 is 0 Å². The maximum absolute atomic E-state index is 3.29. The first-order chi connectivity index (χ1) is 6.40. The maximum atomic E-state index is 3.29. The van der Waals surface area contributed by atoms with Crippen LogP contribution in [0.5, 0.6) is 0 Å². The van der Waals surface area contributed by atoms with Gasteiger partial charge in [0.2, 0.25) is 0 Å². The molecule has 2 atom stereocenters. The number of fused-ring (bicyclic) bond motifs is 1. The monoisotopic (exact) mass is 177 g/mol. The second-order valence-corrected chi connectivity index (χ2v) is 3.08. The van der Waals surface area contributed by atoms with Gasteiger partial charge in [-0.2, -0.15) is 0 Å². The number of hydrogen-bond acceptors (Lipinski definition) is 1. The van der Waals surface area contributed by atoms with Crippen molar-refractivity contribution in [2.75, 3.05) is 0 Å². The fourth-order valence-corrected chi connectivity index (χ4v) is 1.62. The van der Waals surface area contributed by atoms with Gasteiger partial charge in [0.05, 0.1) is 6.04 Å². The van der Waals surface area contributed by atoms with E-state index in [0.29, 0.717) is 12.0 Å². The molecule has 0 aromatic heterocycles. The Morgan fingerprint density at radius 2 is 2.08 bits per heavy atom. The molecule has 72 valence electrons. The van der Waals surface area contributed by atoms with Crippen LogP contribution in [0.15, 0.2) is 36.1 Å². The molecule has 1 aliphatic heterocycles. The van der Waals surface area contributed by atoms with E-state index < -0.39 is 0 Å². The summed E-state index contributed by atoms with van der Waals surface area (Å²) in [6.45, 7) is 6.20. The van der Waals surface area contributed by atoms with Crippen LogP contribution in [0.1, 0.15) is 27.2 Å². The van der Waals surface area contributed by atoms with Crippen molar-refractivity contribution >= 4 is 0 Å². The fourth-order valence-electron chi connectivity index (χ4n) is 1.62. The molecule has 2 aliphatic rings. The zero-order valence-electron chi connectivity index (χ0n) is 8.75. The van der Waals surface area contributed by atoms with Crippen LogP contribution >= 0.6 is 0 Å². The summed E-state index contributed by atoms with van der Waals surface area (Å²) in [5.74, 6) is 0.606. The molecule has 1 heteroatoms. The Morgan fingerprint density at radius 3 is 2.77 bits per heavy atom. The summed E-state index contributed by atoms with van der Waals surface area (Å²) < 4.78 is 0. The Kier molecular flexibility index (Phi) is 3.81. The number of allylic oxidation sites excluding steroid dienone is 2. The third kappa shape index (κ3) is 2.24. The summed E-state index contributed by atoms with van der Waals surface area (Å²) in [7, 11) is 0. The second-order valence-electron chi connectivity index (χ2n) is 3.08. The van der Waals surface area contributed by atoms with Crippen molar-refractivity contribution in [1.82, 2.24) is 5.32 Å². The largest absolute Gasteiger partial charge is 0.384 e. The first kappa shape index (κ1) is 10.1. The SMILES string of the molecule is CC.CCC1=CC2C=CNC2C=C1.